The lowest BCUT2D eigenvalue weighted by molar-refractivity contribution is -0.150. The van der Waals surface area contributed by atoms with Crippen LogP contribution in [0.3, 0.4) is 0 Å². The predicted molar refractivity (Wildman–Crippen MR) is 103 cm³/mol. The topological polar surface area (TPSA) is 62.6 Å². The average Bonchev–Trinajstić information content (AvgIpc) is 3.10. The van der Waals surface area contributed by atoms with Gasteiger partial charge < -0.3 is 14.6 Å². The molecule has 5 heteroatoms. The summed E-state index contributed by atoms with van der Waals surface area (Å²) in [5.41, 5.74) is -0.220. The zero-order valence-electron chi connectivity index (χ0n) is 16.7. The molecule has 4 aliphatic rings. The molecule has 1 N–H and O–H groups in total. The van der Waals surface area contributed by atoms with Crippen molar-refractivity contribution < 1.29 is 14.0 Å². The third-order valence-corrected chi connectivity index (χ3v) is 7.09. The second-order valence-electron chi connectivity index (χ2n) is 9.67. The Kier molecular flexibility index (Phi) is 4.81. The van der Waals surface area contributed by atoms with Crippen LogP contribution in [0.1, 0.15) is 58.1 Å². The highest BCUT2D eigenvalue weighted by Crippen LogP contribution is 2.60. The minimum Gasteiger partial charge on any atom is -0.467 e. The van der Waals surface area contributed by atoms with Gasteiger partial charge in [-0.2, -0.15) is 0 Å². The minimum absolute atomic E-state index is 0.0421. The van der Waals surface area contributed by atoms with Crippen molar-refractivity contribution in [2.45, 2.75) is 65.0 Å². The van der Waals surface area contributed by atoms with Crippen LogP contribution >= 0.6 is 0 Å². The van der Waals surface area contributed by atoms with Gasteiger partial charge in [-0.25, -0.2) is 0 Å². The molecule has 0 spiro atoms. The van der Waals surface area contributed by atoms with Gasteiger partial charge in [0.25, 0.3) is 0 Å². The van der Waals surface area contributed by atoms with E-state index in [9.17, 15) is 9.59 Å². The first-order valence-corrected chi connectivity index (χ1v) is 10.4. The summed E-state index contributed by atoms with van der Waals surface area (Å²) in [5, 5.41) is 3.17. The molecule has 4 saturated carbocycles. The van der Waals surface area contributed by atoms with E-state index in [-0.39, 0.29) is 23.1 Å². The van der Waals surface area contributed by atoms with Gasteiger partial charge in [-0.15, -0.1) is 0 Å². The predicted octanol–water partition coefficient (Wildman–Crippen LogP) is 3.60. The van der Waals surface area contributed by atoms with Gasteiger partial charge in [0.15, 0.2) is 0 Å². The molecule has 0 radical (unpaired) electrons. The largest absolute Gasteiger partial charge is 0.467 e. The molecule has 0 aromatic carbocycles. The summed E-state index contributed by atoms with van der Waals surface area (Å²) in [7, 11) is 1.77. The Morgan fingerprint density at radius 1 is 1.19 bits per heavy atom. The Morgan fingerprint density at radius 2 is 1.78 bits per heavy atom. The van der Waals surface area contributed by atoms with E-state index in [1.165, 1.54) is 19.3 Å². The lowest BCUT2D eigenvalue weighted by atomic mass is 9.49. The third-order valence-electron chi connectivity index (χ3n) is 7.09. The van der Waals surface area contributed by atoms with Gasteiger partial charge in [0.1, 0.15) is 11.8 Å². The molecule has 4 aliphatic carbocycles. The maximum Gasteiger partial charge on any atom is 0.245 e. The fourth-order valence-electron chi connectivity index (χ4n) is 6.15. The molecule has 0 unspecified atom stereocenters. The molecule has 4 bridgehead atoms. The van der Waals surface area contributed by atoms with Gasteiger partial charge in [0, 0.05) is 12.5 Å². The van der Waals surface area contributed by atoms with E-state index in [4.69, 9.17) is 4.42 Å². The molecule has 27 heavy (non-hydrogen) atoms. The second kappa shape index (κ2) is 6.99. The molecule has 5 rings (SSSR count). The van der Waals surface area contributed by atoms with Gasteiger partial charge in [0.2, 0.25) is 11.8 Å². The summed E-state index contributed by atoms with van der Waals surface area (Å²) in [4.78, 5) is 28.1. The van der Waals surface area contributed by atoms with Gasteiger partial charge in [0.05, 0.1) is 12.8 Å². The fourth-order valence-corrected chi connectivity index (χ4v) is 6.15. The monoisotopic (exact) mass is 372 g/mol. The van der Waals surface area contributed by atoms with Crippen LogP contribution < -0.4 is 5.32 Å². The zero-order valence-corrected chi connectivity index (χ0v) is 16.7. The maximum atomic E-state index is 13.4. The number of nitrogens with one attached hydrogen (secondary N) is 1. The van der Waals surface area contributed by atoms with E-state index in [0.29, 0.717) is 6.54 Å². The fraction of sp³-hybridized carbons (Fsp3) is 0.727. The Hall–Kier alpha value is -1.78. The summed E-state index contributed by atoms with van der Waals surface area (Å²) < 4.78 is 5.36. The van der Waals surface area contributed by atoms with Gasteiger partial charge in [-0.1, -0.05) is 13.8 Å². The van der Waals surface area contributed by atoms with Crippen LogP contribution in [-0.4, -0.2) is 29.8 Å². The summed E-state index contributed by atoms with van der Waals surface area (Å²) in [6.07, 6.45) is 8.60. The summed E-state index contributed by atoms with van der Waals surface area (Å²) in [6.45, 7) is 4.43. The highest BCUT2D eigenvalue weighted by Gasteiger charge is 2.55. The molecular formula is C22H32N2O3. The van der Waals surface area contributed by atoms with E-state index in [1.54, 1.807) is 18.2 Å². The van der Waals surface area contributed by atoms with E-state index < -0.39 is 6.04 Å². The number of furan rings is 1. The number of nitrogens with zero attached hydrogens (tertiary/aromatic N) is 1. The van der Waals surface area contributed by atoms with E-state index in [2.05, 4.69) is 5.32 Å². The van der Waals surface area contributed by atoms with Crippen molar-refractivity contribution >= 4 is 11.8 Å². The van der Waals surface area contributed by atoms with Crippen LogP contribution in [0.2, 0.25) is 0 Å². The quantitative estimate of drug-likeness (QED) is 0.830. The van der Waals surface area contributed by atoms with Crippen LogP contribution in [0.15, 0.2) is 22.8 Å². The van der Waals surface area contributed by atoms with Crippen LogP contribution in [0.5, 0.6) is 0 Å². The van der Waals surface area contributed by atoms with Gasteiger partial charge >= 0.3 is 0 Å². The number of carbonyl (C=O) groups is 2. The van der Waals surface area contributed by atoms with Crippen LogP contribution in [0, 0.1) is 29.1 Å². The summed E-state index contributed by atoms with van der Waals surface area (Å²) in [6, 6.07) is 3.20. The molecule has 4 fully saturated rings. The lowest BCUT2D eigenvalue weighted by Gasteiger charge is -2.56. The summed E-state index contributed by atoms with van der Waals surface area (Å²) in [5.74, 6) is 3.04. The van der Waals surface area contributed by atoms with Crippen LogP contribution in [0.4, 0.5) is 0 Å². The highest BCUT2D eigenvalue weighted by molar-refractivity contribution is 5.90. The van der Waals surface area contributed by atoms with E-state index >= 15 is 0 Å². The molecule has 0 saturated heterocycles. The van der Waals surface area contributed by atoms with Crippen molar-refractivity contribution in [2.75, 3.05) is 7.05 Å². The van der Waals surface area contributed by atoms with Crippen molar-refractivity contribution in [1.29, 1.82) is 0 Å². The van der Waals surface area contributed by atoms with Crippen LogP contribution in [0.25, 0.3) is 0 Å². The van der Waals surface area contributed by atoms with Crippen molar-refractivity contribution in [3.05, 3.63) is 24.2 Å². The van der Waals surface area contributed by atoms with Crippen LogP contribution in [-0.2, 0) is 16.1 Å². The molecule has 2 amide bonds. The molecular weight excluding hydrogens is 340 g/mol. The first-order valence-electron chi connectivity index (χ1n) is 10.4. The Labute approximate surface area is 161 Å². The number of hydrogen-bond acceptors (Lipinski definition) is 3. The van der Waals surface area contributed by atoms with Crippen molar-refractivity contribution in [1.82, 2.24) is 10.2 Å². The molecule has 0 aliphatic heterocycles. The highest BCUT2D eigenvalue weighted by atomic mass is 16.3. The number of carbonyl (C=O) groups excluding carboxylic acids is 2. The molecule has 1 atom stereocenters. The SMILES string of the molecule is CC(C)[C@@H](NC(=O)C12CC3CC(CC(C3)C1)C2)C(=O)N(C)Cc1ccco1. The Morgan fingerprint density at radius 3 is 2.26 bits per heavy atom. The lowest BCUT2D eigenvalue weighted by Crippen LogP contribution is -2.58. The van der Waals surface area contributed by atoms with Crippen molar-refractivity contribution in [2.24, 2.45) is 29.1 Å². The second-order valence-corrected chi connectivity index (χ2v) is 9.67. The van der Waals surface area contributed by atoms with Crippen molar-refractivity contribution in [3.63, 3.8) is 0 Å². The minimum atomic E-state index is -0.481. The standard InChI is InChI=1S/C22H32N2O3/c1-14(2)19(20(25)24(3)13-18-5-4-6-27-18)23-21(26)22-10-15-7-16(11-22)9-17(8-15)12-22/h4-6,14-17,19H,7-13H2,1-3H3,(H,23,26)/t15?,16?,17?,19-,22?/m1/s1. The van der Waals surface area contributed by atoms with Gasteiger partial charge in [-0.05, 0) is 74.3 Å². The first-order chi connectivity index (χ1) is 12.9. The molecule has 1 aromatic heterocycles. The molecule has 5 nitrogen and oxygen atoms in total. The van der Waals surface area contributed by atoms with E-state index in [0.717, 1.165) is 42.8 Å². The van der Waals surface area contributed by atoms with E-state index in [1.807, 2.05) is 26.0 Å². The number of rotatable bonds is 6. The number of hydrogen-bond donors (Lipinski definition) is 1. The average molecular weight is 373 g/mol. The Balaban J connectivity index is 1.45. The number of amides is 2. The summed E-state index contributed by atoms with van der Waals surface area (Å²) >= 11 is 0. The Bertz CT molecular complexity index is 659. The molecule has 148 valence electrons. The van der Waals surface area contributed by atoms with Crippen molar-refractivity contribution in [3.8, 4) is 0 Å². The maximum absolute atomic E-state index is 13.4. The molecule has 1 heterocycles. The smallest absolute Gasteiger partial charge is 0.245 e. The first kappa shape index (κ1) is 18.6. The normalized spacial score (nSPS) is 32.5. The molecule has 1 aromatic rings. The zero-order chi connectivity index (χ0) is 19.2. The van der Waals surface area contributed by atoms with Gasteiger partial charge in [-0.3, -0.25) is 9.59 Å². The number of likely N-dealkylation sites (N-methyl/N-ethyl adjacent to an activating group) is 1. The third kappa shape index (κ3) is 3.53.